The Morgan fingerprint density at radius 2 is 1.82 bits per heavy atom. The highest BCUT2D eigenvalue weighted by Crippen LogP contribution is 2.31. The van der Waals surface area contributed by atoms with Gasteiger partial charge in [0, 0.05) is 51.6 Å². The normalized spacial score (nSPS) is 24.1. The molecule has 2 aliphatic heterocycles. The van der Waals surface area contributed by atoms with Crippen LogP contribution in [0.4, 0.5) is 0 Å². The number of nitrogens with zero attached hydrogens (tertiary/aromatic N) is 3. The van der Waals surface area contributed by atoms with Crippen LogP contribution in [0.15, 0.2) is 35.3 Å². The van der Waals surface area contributed by atoms with Gasteiger partial charge in [0.1, 0.15) is 11.9 Å². The molecular formula is C22H35IN4O. The van der Waals surface area contributed by atoms with Crippen LogP contribution >= 0.6 is 24.0 Å². The van der Waals surface area contributed by atoms with Crippen molar-refractivity contribution in [3.8, 4) is 5.75 Å². The molecule has 1 unspecified atom stereocenters. The van der Waals surface area contributed by atoms with Crippen molar-refractivity contribution in [1.29, 1.82) is 0 Å². The van der Waals surface area contributed by atoms with Gasteiger partial charge in [0.2, 0.25) is 0 Å². The highest BCUT2D eigenvalue weighted by molar-refractivity contribution is 14.0. The Balaban J connectivity index is 0.00000225. The highest BCUT2D eigenvalue weighted by Gasteiger charge is 2.34. The van der Waals surface area contributed by atoms with Gasteiger partial charge in [0.05, 0.1) is 0 Å². The van der Waals surface area contributed by atoms with Crippen LogP contribution in [0.5, 0.6) is 5.75 Å². The van der Waals surface area contributed by atoms with E-state index in [0.717, 1.165) is 62.7 Å². The Morgan fingerprint density at radius 3 is 2.50 bits per heavy atom. The van der Waals surface area contributed by atoms with Gasteiger partial charge < -0.3 is 19.9 Å². The average molecular weight is 498 g/mol. The molecule has 2 heterocycles. The molecule has 3 fully saturated rings. The molecule has 0 amide bonds. The summed E-state index contributed by atoms with van der Waals surface area (Å²) >= 11 is 0. The topological polar surface area (TPSA) is 40.1 Å². The number of guanidine groups is 1. The molecule has 5 nitrogen and oxygen atoms in total. The van der Waals surface area contributed by atoms with E-state index in [1.807, 2.05) is 30.3 Å². The SMILES string of the molecule is CCNC(=NCC1CCN(C2CC2)C1)N1CCC(Oc2ccccc2)CC1.I. The molecule has 2 saturated heterocycles. The first-order chi connectivity index (χ1) is 13.3. The fourth-order valence-corrected chi connectivity index (χ4v) is 4.30. The molecule has 0 radical (unpaired) electrons. The van der Waals surface area contributed by atoms with Crippen LogP contribution in [0.3, 0.4) is 0 Å². The lowest BCUT2D eigenvalue weighted by Gasteiger charge is -2.34. The number of ether oxygens (including phenoxy) is 1. The summed E-state index contributed by atoms with van der Waals surface area (Å²) < 4.78 is 6.13. The number of rotatable bonds is 6. The molecule has 3 aliphatic rings. The third kappa shape index (κ3) is 5.99. The van der Waals surface area contributed by atoms with Gasteiger partial charge in [0.15, 0.2) is 5.96 Å². The standard InChI is InChI=1S/C22H34N4O.HI/c1-2-23-22(24-16-18-10-13-26(17-18)19-8-9-19)25-14-11-21(12-15-25)27-20-6-4-3-5-7-20;/h3-7,18-19,21H,2,8-17H2,1H3,(H,23,24);1H. The van der Waals surface area contributed by atoms with Gasteiger partial charge in [0.25, 0.3) is 0 Å². The first-order valence-electron chi connectivity index (χ1n) is 10.8. The van der Waals surface area contributed by atoms with Crippen LogP contribution in [-0.4, -0.2) is 67.2 Å². The summed E-state index contributed by atoms with van der Waals surface area (Å²) in [6.07, 6.45) is 6.56. The number of aliphatic imine (C=N–C) groups is 1. The lowest BCUT2D eigenvalue weighted by molar-refractivity contribution is 0.129. The zero-order valence-electron chi connectivity index (χ0n) is 17.1. The van der Waals surface area contributed by atoms with E-state index in [1.54, 1.807) is 0 Å². The monoisotopic (exact) mass is 498 g/mol. The maximum Gasteiger partial charge on any atom is 0.193 e. The van der Waals surface area contributed by atoms with Gasteiger partial charge in [-0.2, -0.15) is 0 Å². The lowest BCUT2D eigenvalue weighted by atomic mass is 10.1. The number of hydrogen-bond acceptors (Lipinski definition) is 3. The molecule has 0 spiro atoms. The zero-order chi connectivity index (χ0) is 18.5. The van der Waals surface area contributed by atoms with Gasteiger partial charge in [-0.15, -0.1) is 24.0 Å². The molecule has 4 rings (SSSR count). The van der Waals surface area contributed by atoms with Crippen LogP contribution in [0.2, 0.25) is 0 Å². The van der Waals surface area contributed by atoms with E-state index in [4.69, 9.17) is 9.73 Å². The number of likely N-dealkylation sites (tertiary alicyclic amines) is 2. The minimum absolute atomic E-state index is 0. The molecule has 1 aromatic carbocycles. The van der Waals surface area contributed by atoms with Gasteiger partial charge in [-0.05, 0) is 50.8 Å². The molecule has 28 heavy (non-hydrogen) atoms. The third-order valence-electron chi connectivity index (χ3n) is 6.00. The summed E-state index contributed by atoms with van der Waals surface area (Å²) in [5.74, 6) is 2.82. The largest absolute Gasteiger partial charge is 0.490 e. The average Bonchev–Trinajstić information content (AvgIpc) is 3.45. The Morgan fingerprint density at radius 1 is 1.07 bits per heavy atom. The smallest absolute Gasteiger partial charge is 0.193 e. The van der Waals surface area contributed by atoms with Crippen LogP contribution < -0.4 is 10.1 Å². The Kier molecular flexibility index (Phi) is 8.26. The van der Waals surface area contributed by atoms with Gasteiger partial charge in [-0.25, -0.2) is 0 Å². The van der Waals surface area contributed by atoms with E-state index in [-0.39, 0.29) is 24.0 Å². The molecule has 6 heteroatoms. The molecule has 1 N–H and O–H groups in total. The van der Waals surface area contributed by atoms with E-state index in [2.05, 4.69) is 22.0 Å². The zero-order valence-corrected chi connectivity index (χ0v) is 19.4. The van der Waals surface area contributed by atoms with Crippen molar-refractivity contribution in [2.45, 2.75) is 51.2 Å². The fraction of sp³-hybridized carbons (Fsp3) is 0.682. The molecule has 0 bridgehead atoms. The first kappa shape index (κ1) is 21.7. The van der Waals surface area contributed by atoms with Crippen molar-refractivity contribution >= 4 is 29.9 Å². The third-order valence-corrected chi connectivity index (χ3v) is 6.00. The van der Waals surface area contributed by atoms with Crippen LogP contribution in [-0.2, 0) is 0 Å². The van der Waals surface area contributed by atoms with E-state index >= 15 is 0 Å². The molecule has 156 valence electrons. The second-order valence-electron chi connectivity index (χ2n) is 8.19. The predicted molar refractivity (Wildman–Crippen MR) is 126 cm³/mol. The molecule has 1 saturated carbocycles. The maximum absolute atomic E-state index is 6.13. The summed E-state index contributed by atoms with van der Waals surface area (Å²) in [6, 6.07) is 11.1. The summed E-state index contributed by atoms with van der Waals surface area (Å²) in [5.41, 5.74) is 0. The highest BCUT2D eigenvalue weighted by atomic mass is 127. The number of halogens is 1. The summed E-state index contributed by atoms with van der Waals surface area (Å²) in [5, 5.41) is 3.51. The van der Waals surface area contributed by atoms with Crippen molar-refractivity contribution < 1.29 is 4.74 Å². The van der Waals surface area contributed by atoms with Crippen molar-refractivity contribution in [2.75, 3.05) is 39.3 Å². The van der Waals surface area contributed by atoms with Crippen LogP contribution in [0.25, 0.3) is 0 Å². The summed E-state index contributed by atoms with van der Waals surface area (Å²) in [7, 11) is 0. The van der Waals surface area contributed by atoms with Gasteiger partial charge in [-0.3, -0.25) is 4.99 Å². The molecular weight excluding hydrogens is 463 g/mol. The number of benzene rings is 1. The van der Waals surface area contributed by atoms with Crippen molar-refractivity contribution in [1.82, 2.24) is 15.1 Å². The van der Waals surface area contributed by atoms with Crippen LogP contribution in [0.1, 0.15) is 39.0 Å². The second kappa shape index (κ2) is 10.7. The number of nitrogens with one attached hydrogen (secondary N) is 1. The number of para-hydroxylation sites is 1. The Hall–Kier alpha value is -1.02. The van der Waals surface area contributed by atoms with E-state index in [0.29, 0.717) is 6.10 Å². The van der Waals surface area contributed by atoms with Crippen molar-refractivity contribution in [2.24, 2.45) is 10.9 Å². The number of hydrogen-bond donors (Lipinski definition) is 1. The van der Waals surface area contributed by atoms with Gasteiger partial charge >= 0.3 is 0 Å². The van der Waals surface area contributed by atoms with E-state index in [1.165, 1.54) is 32.4 Å². The molecule has 1 atom stereocenters. The molecule has 1 aromatic rings. The van der Waals surface area contributed by atoms with Crippen LogP contribution in [0, 0.1) is 5.92 Å². The van der Waals surface area contributed by atoms with E-state index < -0.39 is 0 Å². The van der Waals surface area contributed by atoms with Gasteiger partial charge in [-0.1, -0.05) is 18.2 Å². The summed E-state index contributed by atoms with van der Waals surface area (Å²) in [6.45, 7) is 8.61. The minimum Gasteiger partial charge on any atom is -0.490 e. The second-order valence-corrected chi connectivity index (χ2v) is 8.19. The van der Waals surface area contributed by atoms with Crippen molar-refractivity contribution in [3.05, 3.63) is 30.3 Å². The molecule has 0 aromatic heterocycles. The summed E-state index contributed by atoms with van der Waals surface area (Å²) in [4.78, 5) is 10.1. The fourth-order valence-electron chi connectivity index (χ4n) is 4.30. The lowest BCUT2D eigenvalue weighted by Crippen LogP contribution is -2.47. The molecule has 1 aliphatic carbocycles. The minimum atomic E-state index is 0. The predicted octanol–water partition coefficient (Wildman–Crippen LogP) is 3.60. The van der Waals surface area contributed by atoms with Crippen molar-refractivity contribution in [3.63, 3.8) is 0 Å². The Bertz CT molecular complexity index is 614. The quantitative estimate of drug-likeness (QED) is 0.370. The Labute approximate surface area is 186 Å². The first-order valence-corrected chi connectivity index (χ1v) is 10.8. The maximum atomic E-state index is 6.13. The van der Waals surface area contributed by atoms with E-state index in [9.17, 15) is 0 Å². The number of piperidine rings is 1.